The van der Waals surface area contributed by atoms with Crippen molar-refractivity contribution in [3.63, 3.8) is 0 Å². The molecule has 0 bridgehead atoms. The number of hydrogen-bond acceptors (Lipinski definition) is 4. The molecule has 31 heavy (non-hydrogen) atoms. The number of anilines is 2. The molecule has 4 rings (SSSR count). The number of halogens is 2. The Kier molecular flexibility index (Phi) is 5.48. The van der Waals surface area contributed by atoms with E-state index in [1.807, 2.05) is 13.0 Å². The zero-order valence-electron chi connectivity index (χ0n) is 16.8. The van der Waals surface area contributed by atoms with Crippen LogP contribution in [0.2, 0.25) is 5.02 Å². The largest absolute Gasteiger partial charge is 0.495 e. The van der Waals surface area contributed by atoms with E-state index >= 15 is 0 Å². The van der Waals surface area contributed by atoms with Gasteiger partial charge in [-0.25, -0.2) is 9.29 Å². The maximum atomic E-state index is 13.5. The zero-order valence-corrected chi connectivity index (χ0v) is 17.5. The van der Waals surface area contributed by atoms with E-state index in [0.717, 1.165) is 10.5 Å². The molecule has 3 aromatic carbocycles. The first-order valence-corrected chi connectivity index (χ1v) is 9.83. The topological polar surface area (TPSA) is 58.6 Å². The monoisotopic (exact) mass is 436 g/mol. The fraction of sp³-hybridized carbons (Fsp3) is 0.0833. The molecular formula is C24H18ClFN2O3. The standard InChI is InChI=1S/C24H18ClFN2O3/c1-14-7-12-17(13-18(14)25)27-22-21(15-8-10-16(26)11-9-15)23(29)28(24(22)30)19-5-3-4-6-20(19)31-2/h3-13,27H,1-2H3. The first-order chi connectivity index (χ1) is 14.9. The summed E-state index contributed by atoms with van der Waals surface area (Å²) in [7, 11) is 1.46. The van der Waals surface area contributed by atoms with Crippen LogP contribution in [0.15, 0.2) is 72.4 Å². The number of rotatable bonds is 5. The SMILES string of the molecule is COc1ccccc1N1C(=O)C(Nc2ccc(C)c(Cl)c2)=C(c2ccc(F)cc2)C1=O. The lowest BCUT2D eigenvalue weighted by Gasteiger charge is -2.18. The van der Waals surface area contributed by atoms with Crippen LogP contribution >= 0.6 is 11.6 Å². The van der Waals surface area contributed by atoms with Gasteiger partial charge in [0.1, 0.15) is 17.3 Å². The van der Waals surface area contributed by atoms with Crippen LogP contribution in [0, 0.1) is 12.7 Å². The number of methoxy groups -OCH3 is 1. The van der Waals surface area contributed by atoms with Crippen LogP contribution in [0.3, 0.4) is 0 Å². The molecule has 1 aliphatic heterocycles. The second-order valence-corrected chi connectivity index (χ2v) is 7.37. The minimum atomic E-state index is -0.550. The van der Waals surface area contributed by atoms with E-state index in [9.17, 15) is 14.0 Å². The number of hydrogen-bond donors (Lipinski definition) is 1. The summed E-state index contributed by atoms with van der Waals surface area (Å²) >= 11 is 6.22. The predicted molar refractivity (Wildman–Crippen MR) is 119 cm³/mol. The fourth-order valence-electron chi connectivity index (χ4n) is 3.38. The van der Waals surface area contributed by atoms with E-state index in [4.69, 9.17) is 16.3 Å². The first kappa shape index (κ1) is 20.6. The molecule has 0 unspecified atom stereocenters. The molecule has 0 atom stereocenters. The fourth-order valence-corrected chi connectivity index (χ4v) is 3.56. The van der Waals surface area contributed by atoms with Gasteiger partial charge in [-0.05, 0) is 54.4 Å². The number of nitrogens with zero attached hydrogens (tertiary/aromatic N) is 1. The quantitative estimate of drug-likeness (QED) is 0.559. The van der Waals surface area contributed by atoms with Crippen LogP contribution in [0.4, 0.5) is 15.8 Å². The maximum absolute atomic E-state index is 13.5. The predicted octanol–water partition coefficient (Wildman–Crippen LogP) is 5.19. The summed E-state index contributed by atoms with van der Waals surface area (Å²) in [5, 5.41) is 3.56. The molecule has 5 nitrogen and oxygen atoms in total. The van der Waals surface area contributed by atoms with Gasteiger partial charge in [-0.2, -0.15) is 0 Å². The van der Waals surface area contributed by atoms with Crippen molar-refractivity contribution in [2.75, 3.05) is 17.3 Å². The van der Waals surface area contributed by atoms with Gasteiger partial charge in [0, 0.05) is 10.7 Å². The Morgan fingerprint density at radius 2 is 1.68 bits per heavy atom. The van der Waals surface area contributed by atoms with Crippen LogP contribution in [-0.4, -0.2) is 18.9 Å². The Morgan fingerprint density at radius 1 is 0.968 bits per heavy atom. The number of nitrogens with one attached hydrogen (secondary N) is 1. The third kappa shape index (κ3) is 3.78. The lowest BCUT2D eigenvalue weighted by molar-refractivity contribution is -0.120. The molecule has 3 aromatic rings. The second-order valence-electron chi connectivity index (χ2n) is 6.96. The highest BCUT2D eigenvalue weighted by Crippen LogP contribution is 2.38. The summed E-state index contributed by atoms with van der Waals surface area (Å²) < 4.78 is 18.8. The minimum Gasteiger partial charge on any atom is -0.495 e. The third-order valence-corrected chi connectivity index (χ3v) is 5.39. The van der Waals surface area contributed by atoms with E-state index in [-0.39, 0.29) is 11.3 Å². The molecule has 0 fully saturated rings. The highest BCUT2D eigenvalue weighted by atomic mass is 35.5. The van der Waals surface area contributed by atoms with Crippen molar-refractivity contribution in [3.8, 4) is 5.75 Å². The molecular weight excluding hydrogens is 419 g/mol. The van der Waals surface area contributed by atoms with E-state index in [2.05, 4.69) is 5.32 Å². The van der Waals surface area contributed by atoms with Crippen LogP contribution in [0.5, 0.6) is 5.75 Å². The van der Waals surface area contributed by atoms with Crippen molar-refractivity contribution in [1.29, 1.82) is 0 Å². The van der Waals surface area contributed by atoms with Crippen LogP contribution in [-0.2, 0) is 9.59 Å². The van der Waals surface area contributed by atoms with Crippen molar-refractivity contribution < 1.29 is 18.7 Å². The second kappa shape index (κ2) is 8.24. The molecule has 1 aliphatic rings. The third-order valence-electron chi connectivity index (χ3n) is 4.98. The van der Waals surface area contributed by atoms with E-state index in [1.54, 1.807) is 36.4 Å². The van der Waals surface area contributed by atoms with Gasteiger partial charge < -0.3 is 10.1 Å². The van der Waals surface area contributed by atoms with Crippen molar-refractivity contribution in [2.45, 2.75) is 6.92 Å². The lowest BCUT2D eigenvalue weighted by atomic mass is 10.0. The number of amides is 2. The Hall–Kier alpha value is -3.64. The number of para-hydroxylation sites is 2. The number of imide groups is 1. The van der Waals surface area contributed by atoms with Crippen LogP contribution in [0.25, 0.3) is 5.57 Å². The highest BCUT2D eigenvalue weighted by Gasteiger charge is 2.41. The molecule has 1 N–H and O–H groups in total. The number of benzene rings is 3. The number of carbonyl (C=O) groups excluding carboxylic acids is 2. The summed E-state index contributed by atoms with van der Waals surface area (Å²) in [6, 6.07) is 17.4. The van der Waals surface area contributed by atoms with Gasteiger partial charge in [0.25, 0.3) is 11.8 Å². The number of carbonyl (C=O) groups is 2. The maximum Gasteiger partial charge on any atom is 0.282 e. The van der Waals surface area contributed by atoms with Gasteiger partial charge in [0.15, 0.2) is 0 Å². The Labute approximate surface area is 183 Å². The summed E-state index contributed by atoms with van der Waals surface area (Å²) in [6.07, 6.45) is 0. The normalized spacial score (nSPS) is 13.7. The average Bonchev–Trinajstić information content (AvgIpc) is 3.01. The van der Waals surface area contributed by atoms with Gasteiger partial charge >= 0.3 is 0 Å². The van der Waals surface area contributed by atoms with Gasteiger partial charge in [-0.15, -0.1) is 0 Å². The number of ether oxygens (including phenoxy) is 1. The lowest BCUT2D eigenvalue weighted by Crippen LogP contribution is -2.32. The molecule has 0 spiro atoms. The van der Waals surface area contributed by atoms with Crippen molar-refractivity contribution >= 4 is 40.4 Å². The summed E-state index contributed by atoms with van der Waals surface area (Å²) in [6.45, 7) is 1.86. The van der Waals surface area contributed by atoms with E-state index < -0.39 is 17.6 Å². The van der Waals surface area contributed by atoms with Crippen molar-refractivity contribution in [3.05, 3.63) is 94.4 Å². The summed E-state index contributed by atoms with van der Waals surface area (Å²) in [5.41, 5.74) is 2.36. The van der Waals surface area contributed by atoms with E-state index in [0.29, 0.717) is 27.7 Å². The molecule has 0 saturated carbocycles. The molecule has 0 aliphatic carbocycles. The minimum absolute atomic E-state index is 0.0717. The highest BCUT2D eigenvalue weighted by molar-refractivity contribution is 6.46. The summed E-state index contributed by atoms with van der Waals surface area (Å²) in [5.74, 6) is -1.16. The Morgan fingerprint density at radius 3 is 2.35 bits per heavy atom. The molecule has 7 heteroatoms. The van der Waals surface area contributed by atoms with Gasteiger partial charge in [0.05, 0.1) is 18.4 Å². The first-order valence-electron chi connectivity index (χ1n) is 9.46. The average molecular weight is 437 g/mol. The molecule has 156 valence electrons. The molecule has 2 amide bonds. The van der Waals surface area contributed by atoms with Gasteiger partial charge in [-0.3, -0.25) is 9.59 Å². The number of aryl methyl sites for hydroxylation is 1. The van der Waals surface area contributed by atoms with E-state index in [1.165, 1.54) is 31.4 Å². The molecule has 0 radical (unpaired) electrons. The summed E-state index contributed by atoms with van der Waals surface area (Å²) in [4.78, 5) is 27.9. The van der Waals surface area contributed by atoms with Crippen LogP contribution < -0.4 is 15.0 Å². The van der Waals surface area contributed by atoms with Crippen molar-refractivity contribution in [2.24, 2.45) is 0 Å². The van der Waals surface area contributed by atoms with Crippen molar-refractivity contribution in [1.82, 2.24) is 0 Å². The van der Waals surface area contributed by atoms with Crippen LogP contribution in [0.1, 0.15) is 11.1 Å². The smallest absolute Gasteiger partial charge is 0.282 e. The Balaban J connectivity index is 1.84. The molecule has 1 heterocycles. The van der Waals surface area contributed by atoms with Gasteiger partial charge in [0.2, 0.25) is 0 Å². The van der Waals surface area contributed by atoms with Gasteiger partial charge in [-0.1, -0.05) is 41.9 Å². The molecule has 0 saturated heterocycles. The molecule has 0 aromatic heterocycles. The zero-order chi connectivity index (χ0) is 22.1. The Bertz CT molecular complexity index is 1220.